The molecule has 2 unspecified atom stereocenters. The highest BCUT2D eigenvalue weighted by Gasteiger charge is 2.26. The van der Waals surface area contributed by atoms with Gasteiger partial charge in [0.05, 0.1) is 0 Å². The molecule has 1 aliphatic rings. The van der Waals surface area contributed by atoms with Crippen LogP contribution < -0.4 is 17.1 Å². The Hall–Kier alpha value is -1.71. The average Bonchev–Trinajstić information content (AvgIpc) is 2.80. The monoisotopic (exact) mass is 305 g/mol. The number of nitrogens with two attached hydrogens (primary N) is 1. The second kappa shape index (κ2) is 5.35. The summed E-state index contributed by atoms with van der Waals surface area (Å²) >= 11 is 0. The van der Waals surface area contributed by atoms with Gasteiger partial charge in [-0.2, -0.15) is 0 Å². The van der Waals surface area contributed by atoms with Crippen molar-refractivity contribution in [1.29, 1.82) is 0 Å². The van der Waals surface area contributed by atoms with E-state index in [2.05, 4.69) is 0 Å². The Bertz CT molecular complexity index is 688. The zero-order chi connectivity index (χ0) is 14.9. The largest absolute Gasteiger partial charge is 0.351 e. The predicted octanol–water partition coefficient (Wildman–Crippen LogP) is -1.71. The highest BCUT2D eigenvalue weighted by molar-refractivity contribution is 7.51. The van der Waals surface area contributed by atoms with Gasteiger partial charge in [0.2, 0.25) is 0 Å². The summed E-state index contributed by atoms with van der Waals surface area (Å²) in [6, 6.07) is 1.09. The van der Waals surface area contributed by atoms with Crippen LogP contribution in [0.5, 0.6) is 0 Å². The molecule has 0 radical (unpaired) electrons. The summed E-state index contributed by atoms with van der Waals surface area (Å²) in [5.41, 5.74) is -1.41. The molecule has 0 bridgehead atoms. The molecule has 1 aromatic heterocycles. The van der Waals surface area contributed by atoms with Crippen LogP contribution in [0.2, 0.25) is 0 Å². The van der Waals surface area contributed by atoms with Gasteiger partial charge in [-0.15, -0.1) is 0 Å². The van der Waals surface area contributed by atoms with Crippen molar-refractivity contribution in [2.24, 2.45) is 0 Å². The normalized spacial score (nSPS) is 22.3. The van der Waals surface area contributed by atoms with Crippen molar-refractivity contribution < 1.29 is 23.8 Å². The second-order valence-electron chi connectivity index (χ2n) is 3.95. The molecule has 11 heteroatoms. The Labute approximate surface area is 111 Å². The quantitative estimate of drug-likeness (QED) is 0.338. The van der Waals surface area contributed by atoms with Crippen LogP contribution in [0.15, 0.2) is 34.0 Å². The molecule has 110 valence electrons. The van der Waals surface area contributed by atoms with E-state index in [1.807, 2.05) is 0 Å². The number of hydrogen-bond acceptors (Lipinski definition) is 6. The third-order valence-electron chi connectivity index (χ3n) is 2.41. The van der Waals surface area contributed by atoms with E-state index < -0.39 is 37.7 Å². The minimum atomic E-state index is -4.33. The maximum atomic E-state index is 11.7. The smallest absolute Gasteiger partial charge is 0.336 e. The molecule has 0 fully saturated rings. The standard InChI is InChI=1S/C9H12N3O7P/c10-11-4-3-6(13)12(9(11)14)7-1-2-8(19-7)18-5-20(15,16)17/h1-4,7-8H,5,10H2,(H2,15,16,17). The fraction of sp³-hybridized carbons (Fsp3) is 0.333. The van der Waals surface area contributed by atoms with Gasteiger partial charge >= 0.3 is 13.3 Å². The second-order valence-corrected chi connectivity index (χ2v) is 5.54. The maximum absolute atomic E-state index is 11.7. The van der Waals surface area contributed by atoms with Crippen molar-refractivity contribution in [3.63, 3.8) is 0 Å². The van der Waals surface area contributed by atoms with Crippen LogP contribution in [0.3, 0.4) is 0 Å². The lowest BCUT2D eigenvalue weighted by atomic mass is 10.5. The molecule has 0 amide bonds. The highest BCUT2D eigenvalue weighted by Crippen LogP contribution is 2.35. The van der Waals surface area contributed by atoms with Gasteiger partial charge in [-0.1, -0.05) is 0 Å². The van der Waals surface area contributed by atoms with Crippen LogP contribution in [-0.4, -0.2) is 31.7 Å². The Balaban J connectivity index is 2.14. The molecular weight excluding hydrogens is 293 g/mol. The Morgan fingerprint density at radius 2 is 2.10 bits per heavy atom. The van der Waals surface area contributed by atoms with E-state index in [4.69, 9.17) is 25.1 Å². The summed E-state index contributed by atoms with van der Waals surface area (Å²) in [6.07, 6.45) is 0.854. The number of ether oxygens (including phenoxy) is 2. The molecule has 1 aromatic rings. The first kappa shape index (κ1) is 14.7. The Kier molecular flexibility index (Phi) is 3.93. The van der Waals surface area contributed by atoms with E-state index >= 15 is 0 Å². The Morgan fingerprint density at radius 1 is 1.40 bits per heavy atom. The molecule has 0 saturated heterocycles. The fourth-order valence-electron chi connectivity index (χ4n) is 1.57. The molecule has 20 heavy (non-hydrogen) atoms. The van der Waals surface area contributed by atoms with Gasteiger partial charge in [-0.05, 0) is 12.2 Å². The van der Waals surface area contributed by atoms with Crippen LogP contribution in [0.1, 0.15) is 6.23 Å². The number of nitrogen functional groups attached to an aromatic ring is 1. The zero-order valence-electron chi connectivity index (χ0n) is 10.0. The van der Waals surface area contributed by atoms with Gasteiger partial charge in [0.25, 0.3) is 5.56 Å². The van der Waals surface area contributed by atoms with Gasteiger partial charge < -0.3 is 25.1 Å². The van der Waals surface area contributed by atoms with E-state index in [0.29, 0.717) is 4.68 Å². The molecule has 0 spiro atoms. The van der Waals surface area contributed by atoms with Gasteiger partial charge in [-0.3, -0.25) is 9.36 Å². The maximum Gasteiger partial charge on any atom is 0.351 e. The zero-order valence-corrected chi connectivity index (χ0v) is 10.9. The fourth-order valence-corrected chi connectivity index (χ4v) is 1.91. The molecule has 10 nitrogen and oxygen atoms in total. The third-order valence-corrected chi connectivity index (χ3v) is 2.90. The molecule has 1 aliphatic heterocycles. The molecule has 2 rings (SSSR count). The molecule has 0 aliphatic carbocycles. The molecule has 4 N–H and O–H groups in total. The molecule has 0 saturated carbocycles. The molecule has 2 atom stereocenters. The van der Waals surface area contributed by atoms with Crippen molar-refractivity contribution in [3.05, 3.63) is 45.3 Å². The van der Waals surface area contributed by atoms with Crippen LogP contribution in [0.25, 0.3) is 0 Å². The summed E-state index contributed by atoms with van der Waals surface area (Å²) in [6.45, 7) is 0. The van der Waals surface area contributed by atoms with Gasteiger partial charge in [0, 0.05) is 12.3 Å². The van der Waals surface area contributed by atoms with Crippen LogP contribution in [-0.2, 0) is 14.0 Å². The van der Waals surface area contributed by atoms with Gasteiger partial charge in [0.1, 0.15) is 0 Å². The Morgan fingerprint density at radius 3 is 2.75 bits per heavy atom. The highest BCUT2D eigenvalue weighted by atomic mass is 31.2. The summed E-state index contributed by atoms with van der Waals surface area (Å²) < 4.78 is 22.1. The van der Waals surface area contributed by atoms with E-state index in [9.17, 15) is 14.2 Å². The predicted molar refractivity (Wildman–Crippen MR) is 66.2 cm³/mol. The van der Waals surface area contributed by atoms with Gasteiger partial charge in [-0.25, -0.2) is 14.0 Å². The summed E-state index contributed by atoms with van der Waals surface area (Å²) in [4.78, 5) is 40.7. The van der Waals surface area contributed by atoms with Crippen molar-refractivity contribution >= 4 is 7.60 Å². The SMILES string of the molecule is Nn1ccc(=O)n(C2C=CC(OCP(=O)(O)O)O2)c1=O. The summed E-state index contributed by atoms with van der Waals surface area (Å²) in [7, 11) is -4.33. The topological polar surface area (TPSA) is 146 Å². The molecule has 2 heterocycles. The summed E-state index contributed by atoms with van der Waals surface area (Å²) in [5.74, 6) is 5.34. The van der Waals surface area contributed by atoms with E-state index in [1.54, 1.807) is 0 Å². The number of aromatic nitrogens is 2. The number of hydrogen-bond donors (Lipinski definition) is 3. The first-order valence-electron chi connectivity index (χ1n) is 5.37. The van der Waals surface area contributed by atoms with Crippen LogP contribution >= 0.6 is 7.60 Å². The van der Waals surface area contributed by atoms with Crippen molar-refractivity contribution in [1.82, 2.24) is 9.24 Å². The van der Waals surface area contributed by atoms with Gasteiger partial charge in [0.15, 0.2) is 18.9 Å². The average molecular weight is 305 g/mol. The number of rotatable bonds is 4. The number of nitrogens with zero attached hydrogens (tertiary/aromatic N) is 2. The minimum absolute atomic E-state index is 0.623. The first-order chi connectivity index (χ1) is 9.28. The van der Waals surface area contributed by atoms with Crippen molar-refractivity contribution in [3.8, 4) is 0 Å². The van der Waals surface area contributed by atoms with Crippen LogP contribution in [0, 0.1) is 0 Å². The lowest BCUT2D eigenvalue weighted by Gasteiger charge is -2.16. The van der Waals surface area contributed by atoms with E-state index in [0.717, 1.165) is 16.8 Å². The summed E-state index contributed by atoms with van der Waals surface area (Å²) in [5, 5.41) is 0. The molecule has 0 aromatic carbocycles. The van der Waals surface area contributed by atoms with Crippen molar-refractivity contribution in [2.75, 3.05) is 12.2 Å². The first-order valence-corrected chi connectivity index (χ1v) is 7.17. The van der Waals surface area contributed by atoms with E-state index in [-0.39, 0.29) is 0 Å². The van der Waals surface area contributed by atoms with E-state index in [1.165, 1.54) is 12.2 Å². The minimum Gasteiger partial charge on any atom is -0.336 e. The van der Waals surface area contributed by atoms with Crippen LogP contribution in [0.4, 0.5) is 0 Å². The lowest BCUT2D eigenvalue weighted by Crippen LogP contribution is -2.44. The molecular formula is C9H12N3O7P. The van der Waals surface area contributed by atoms with Crippen molar-refractivity contribution in [2.45, 2.75) is 12.5 Å². The lowest BCUT2D eigenvalue weighted by molar-refractivity contribution is -0.128. The third kappa shape index (κ3) is 3.24.